The van der Waals surface area contributed by atoms with Crippen molar-refractivity contribution in [1.82, 2.24) is 0 Å². The molecule has 2 aliphatic carbocycles. The molecule has 0 bridgehead atoms. The van der Waals surface area contributed by atoms with Gasteiger partial charge in [0.05, 0.1) is 0 Å². The van der Waals surface area contributed by atoms with Crippen molar-refractivity contribution in [3.05, 3.63) is 129 Å². The molecule has 0 spiro atoms. The molecule has 0 radical (unpaired) electrons. The van der Waals surface area contributed by atoms with Gasteiger partial charge in [-0.3, -0.25) is 0 Å². The zero-order valence-electron chi connectivity index (χ0n) is 25.5. The molecule has 0 aromatic heterocycles. The van der Waals surface area contributed by atoms with Crippen LogP contribution >= 0.6 is 0 Å². The van der Waals surface area contributed by atoms with Crippen molar-refractivity contribution < 1.29 is 71.8 Å². The summed E-state index contributed by atoms with van der Waals surface area (Å²) >= 11 is -2.60. The molecule has 0 saturated carbocycles. The van der Waals surface area contributed by atoms with E-state index in [4.69, 9.17) is 0 Å². The normalized spacial score (nSPS) is 17.0. The Morgan fingerprint density at radius 2 is 0.891 bits per heavy atom. The monoisotopic (exact) mass is 855 g/mol. The van der Waals surface area contributed by atoms with Gasteiger partial charge < -0.3 is 24.8 Å². The number of fused-ring (bicyclic) bond motifs is 2. The van der Waals surface area contributed by atoms with E-state index in [1.807, 2.05) is 24.3 Å². The van der Waals surface area contributed by atoms with Crippen LogP contribution in [-0.4, -0.2) is 5.98 Å². The van der Waals surface area contributed by atoms with Gasteiger partial charge in [0.15, 0.2) is 0 Å². The van der Waals surface area contributed by atoms with Crippen LogP contribution in [-0.2, 0) is 33.0 Å². The van der Waals surface area contributed by atoms with Crippen molar-refractivity contribution in [2.45, 2.75) is 46.6 Å². The number of hydrogen-bond acceptors (Lipinski definition) is 0. The van der Waals surface area contributed by atoms with E-state index < -0.39 is 50.1 Å². The summed E-state index contributed by atoms with van der Waals surface area (Å²) in [6.07, 6.45) is -4.25. The van der Waals surface area contributed by atoms with Gasteiger partial charge in [-0.1, -0.05) is 0 Å². The molecular weight excluding hydrogens is 824 g/mol. The molecule has 0 fully saturated rings. The summed E-state index contributed by atoms with van der Waals surface area (Å²) in [5, 5.41) is 0. The number of alkyl halides is 6. The van der Waals surface area contributed by atoms with Crippen molar-refractivity contribution in [3.8, 4) is 22.3 Å². The summed E-state index contributed by atoms with van der Waals surface area (Å²) in [4.78, 5) is 0. The Labute approximate surface area is 286 Å². The van der Waals surface area contributed by atoms with Crippen molar-refractivity contribution in [2.24, 2.45) is 0 Å². The van der Waals surface area contributed by atoms with Crippen LogP contribution in [0.3, 0.4) is 0 Å². The first-order chi connectivity index (χ1) is 20.8. The van der Waals surface area contributed by atoms with Gasteiger partial charge >= 0.3 is 263 Å². The molecule has 6 rings (SSSR count). The molecule has 2 unspecified atom stereocenters. The zero-order chi connectivity index (χ0) is 31.6. The Morgan fingerprint density at radius 1 is 0.543 bits per heavy atom. The fourth-order valence-electron chi connectivity index (χ4n) is 7.00. The van der Waals surface area contributed by atoms with Gasteiger partial charge in [-0.2, -0.15) is 0 Å². The van der Waals surface area contributed by atoms with Gasteiger partial charge in [-0.05, 0) is 0 Å². The van der Waals surface area contributed by atoms with Gasteiger partial charge in [-0.15, -0.1) is 0 Å². The average molecular weight is 855 g/mol. The maximum atomic E-state index is 13.2. The third kappa shape index (κ3) is 6.65. The topological polar surface area (TPSA) is 0 Å². The third-order valence-corrected chi connectivity index (χ3v) is 40.4. The molecule has 0 heterocycles. The molecule has 2 aliphatic rings. The van der Waals surface area contributed by atoms with Gasteiger partial charge in [0.25, 0.3) is 0 Å². The summed E-state index contributed by atoms with van der Waals surface area (Å²) in [5.74, 6) is -1.14. The Kier molecular flexibility index (Phi) is 10.8. The van der Waals surface area contributed by atoms with E-state index >= 15 is 0 Å². The second kappa shape index (κ2) is 13.6. The number of allylic oxidation sites excluding steroid dienone is 2. The summed E-state index contributed by atoms with van der Waals surface area (Å²) in [5.41, 5.74) is 9.65. The van der Waals surface area contributed by atoms with E-state index in [9.17, 15) is 26.3 Å². The first kappa shape index (κ1) is 36.4. The van der Waals surface area contributed by atoms with E-state index in [0.29, 0.717) is 7.35 Å². The summed E-state index contributed by atoms with van der Waals surface area (Å²) < 4.78 is 80.1. The van der Waals surface area contributed by atoms with Crippen molar-refractivity contribution >= 4 is 18.1 Å². The smallest absolute Gasteiger partial charge is 1.00 e. The standard InChI is InChI=1S/2C17H12F3.C2H7Si.2ClH.Hf/c2*1-11-9-13-3-2-4-15(16(13)10-11)12-5-7-14(8-6-12)17(18,19)20;1-3-2;;;/h2*2-10H,1H3;3H,1-2H3;2*1H;/q;;;;;+2/p-2. The number of halogens is 8. The van der Waals surface area contributed by atoms with Gasteiger partial charge in [-0.25, -0.2) is 0 Å². The van der Waals surface area contributed by atoms with Gasteiger partial charge in [0.2, 0.25) is 0 Å². The second-order valence-electron chi connectivity index (χ2n) is 12.1. The van der Waals surface area contributed by atoms with Crippen molar-refractivity contribution in [3.63, 3.8) is 0 Å². The zero-order valence-corrected chi connectivity index (χ0v) is 31.8. The van der Waals surface area contributed by atoms with Crippen LogP contribution in [0.25, 0.3) is 34.4 Å². The Bertz CT molecular complexity index is 1660. The van der Waals surface area contributed by atoms with E-state index in [2.05, 4.69) is 51.2 Å². The maximum absolute atomic E-state index is 13.2. The Balaban J connectivity index is 0.00000240. The molecule has 0 aliphatic heterocycles. The first-order valence-electron chi connectivity index (χ1n) is 14.6. The van der Waals surface area contributed by atoms with Crippen LogP contribution < -0.4 is 24.8 Å². The Hall–Kier alpha value is -2.39. The molecule has 239 valence electrons. The minimum Gasteiger partial charge on any atom is -1.00 e. The van der Waals surface area contributed by atoms with E-state index in [1.165, 1.54) is 22.3 Å². The molecule has 46 heavy (non-hydrogen) atoms. The summed E-state index contributed by atoms with van der Waals surface area (Å²) in [7, 11) is 0. The molecule has 0 N–H and O–H groups in total. The van der Waals surface area contributed by atoms with Crippen LogP contribution in [0.4, 0.5) is 26.3 Å². The second-order valence-corrected chi connectivity index (χ2v) is 40.0. The predicted molar refractivity (Wildman–Crippen MR) is 165 cm³/mol. The average Bonchev–Trinajstić information content (AvgIpc) is 3.48. The molecule has 0 nitrogen and oxygen atoms in total. The number of benzene rings is 4. The fourth-order valence-corrected chi connectivity index (χ4v) is 39.9. The Morgan fingerprint density at radius 3 is 1.20 bits per heavy atom. The van der Waals surface area contributed by atoms with Crippen LogP contribution in [0, 0.1) is 0 Å². The SMILES string of the molecule is CC1=Cc2c(-c3ccc(C(F)(F)F)cc3)cccc2[CH]1[Hf+2]([CH]1C(C)=Cc2c(-c3ccc(C(F)(F)F)cc3)cccc21)[SiH](C)C.[Cl-].[Cl-]. The minimum absolute atomic E-state index is 0. The quantitative estimate of drug-likeness (QED) is 0.190. The van der Waals surface area contributed by atoms with E-state index in [0.717, 1.165) is 57.6 Å². The minimum atomic E-state index is -4.38. The molecule has 4 aromatic carbocycles. The number of hydrogen-bond donors (Lipinski definition) is 0. The largest absolute Gasteiger partial charge is 1.00 e. The van der Waals surface area contributed by atoms with Crippen LogP contribution in [0.5, 0.6) is 0 Å². The van der Waals surface area contributed by atoms with Crippen LogP contribution in [0.1, 0.15) is 54.6 Å². The summed E-state index contributed by atoms with van der Waals surface area (Å²) in [6.45, 7) is 9.32. The molecule has 4 aromatic rings. The van der Waals surface area contributed by atoms with Gasteiger partial charge in [0, 0.05) is 0 Å². The molecule has 2 atom stereocenters. The maximum Gasteiger partial charge on any atom is -1.00 e. The first-order valence-corrected chi connectivity index (χ1v) is 27.9. The molecule has 10 heteroatoms. The molecule has 0 amide bonds. The van der Waals surface area contributed by atoms with Crippen molar-refractivity contribution in [1.29, 1.82) is 0 Å². The van der Waals surface area contributed by atoms with Crippen LogP contribution in [0.2, 0.25) is 13.1 Å². The van der Waals surface area contributed by atoms with E-state index in [1.54, 1.807) is 24.3 Å². The molecule has 0 saturated heterocycles. The predicted octanol–water partition coefficient (Wildman–Crippen LogP) is 5.28. The van der Waals surface area contributed by atoms with E-state index in [-0.39, 0.29) is 24.8 Å². The van der Waals surface area contributed by atoms with Crippen molar-refractivity contribution in [2.75, 3.05) is 0 Å². The third-order valence-electron chi connectivity index (χ3n) is 8.94. The fraction of sp³-hybridized carbons (Fsp3) is 0.222. The number of rotatable bonds is 5. The van der Waals surface area contributed by atoms with Gasteiger partial charge in [0.1, 0.15) is 0 Å². The summed E-state index contributed by atoms with van der Waals surface area (Å²) in [6, 6.07) is 23.3. The molecular formula is C36H31Cl2F6HfSi. The van der Waals surface area contributed by atoms with Crippen LogP contribution in [0.15, 0.2) is 96.1 Å².